The van der Waals surface area contributed by atoms with E-state index in [4.69, 9.17) is 0 Å². The molecule has 0 unspecified atom stereocenters. The fourth-order valence-corrected chi connectivity index (χ4v) is 3.91. The Kier molecular flexibility index (Phi) is 2.54. The molecule has 2 heteroatoms. The number of Topliss-reactive ketones (excluding diaryl/α,β-unsaturated/α-hetero) is 2. The van der Waals surface area contributed by atoms with Gasteiger partial charge in [-0.05, 0) is 72.2 Å². The summed E-state index contributed by atoms with van der Waals surface area (Å²) in [5, 5.41) is 0. The van der Waals surface area contributed by atoms with Crippen LogP contribution in [0.15, 0.2) is 24.3 Å². The van der Waals surface area contributed by atoms with Gasteiger partial charge in [-0.25, -0.2) is 0 Å². The van der Waals surface area contributed by atoms with E-state index in [1.165, 1.54) is 22.3 Å². The summed E-state index contributed by atoms with van der Waals surface area (Å²) in [6.45, 7) is 8.24. The van der Waals surface area contributed by atoms with E-state index in [2.05, 4.69) is 52.0 Å². The largest absolute Gasteiger partial charge is 0.290 e. The summed E-state index contributed by atoms with van der Waals surface area (Å²) in [5.41, 5.74) is 8.85. The molecule has 2 bridgehead atoms. The Hall–Kier alpha value is -2.22. The molecule has 22 heavy (non-hydrogen) atoms. The van der Waals surface area contributed by atoms with Crippen molar-refractivity contribution in [2.75, 3.05) is 0 Å². The van der Waals surface area contributed by atoms with E-state index in [0.717, 1.165) is 22.3 Å². The molecule has 0 fully saturated rings. The molecule has 0 radical (unpaired) electrons. The minimum atomic E-state index is -0.402. The van der Waals surface area contributed by atoms with Gasteiger partial charge in [0.15, 0.2) is 0 Å². The van der Waals surface area contributed by atoms with Crippen LogP contribution in [0.3, 0.4) is 0 Å². The summed E-state index contributed by atoms with van der Waals surface area (Å²) in [4.78, 5) is 25.1. The number of fused-ring (bicyclic) bond motifs is 1. The minimum Gasteiger partial charge on any atom is -0.290 e. The van der Waals surface area contributed by atoms with Crippen molar-refractivity contribution in [3.63, 3.8) is 0 Å². The molecular formula is C20H18O2. The molecule has 0 aliphatic heterocycles. The van der Waals surface area contributed by atoms with Crippen LogP contribution in [0.5, 0.6) is 0 Å². The van der Waals surface area contributed by atoms with Crippen molar-refractivity contribution in [1.29, 1.82) is 0 Å². The molecule has 0 N–H and O–H groups in total. The van der Waals surface area contributed by atoms with E-state index in [0.29, 0.717) is 0 Å². The molecule has 0 saturated carbocycles. The standard InChI is InChI=1S/C20H18O2/c1-9-5-13-14(6-10(9)2)18-16-8-12(4)11(3)7-15(16)17(13)19(21)20(18)22/h5-8,17-18H,1-4H3. The number of benzene rings is 2. The summed E-state index contributed by atoms with van der Waals surface area (Å²) in [6.07, 6.45) is 0. The first-order valence-electron chi connectivity index (χ1n) is 7.70. The quantitative estimate of drug-likeness (QED) is 0.694. The molecule has 0 aromatic heterocycles. The number of ketones is 2. The van der Waals surface area contributed by atoms with Gasteiger partial charge in [0.2, 0.25) is 11.6 Å². The van der Waals surface area contributed by atoms with Gasteiger partial charge in [-0.15, -0.1) is 0 Å². The van der Waals surface area contributed by atoms with E-state index in [1.54, 1.807) is 0 Å². The Morgan fingerprint density at radius 2 is 0.773 bits per heavy atom. The van der Waals surface area contributed by atoms with Gasteiger partial charge in [0.1, 0.15) is 0 Å². The Balaban J connectivity index is 2.10. The van der Waals surface area contributed by atoms with Crippen molar-refractivity contribution in [2.24, 2.45) is 0 Å². The number of rotatable bonds is 0. The summed E-state index contributed by atoms with van der Waals surface area (Å²) in [6, 6.07) is 8.41. The fourth-order valence-electron chi connectivity index (χ4n) is 3.91. The van der Waals surface area contributed by atoms with E-state index in [9.17, 15) is 9.59 Å². The topological polar surface area (TPSA) is 34.1 Å². The molecule has 2 aromatic rings. The monoisotopic (exact) mass is 290 g/mol. The molecule has 5 rings (SSSR count). The van der Waals surface area contributed by atoms with E-state index in [-0.39, 0.29) is 11.6 Å². The van der Waals surface area contributed by atoms with Crippen LogP contribution in [-0.4, -0.2) is 11.6 Å². The summed E-state index contributed by atoms with van der Waals surface area (Å²) in [5.74, 6) is -1.28. The van der Waals surface area contributed by atoms with Crippen molar-refractivity contribution >= 4 is 11.6 Å². The minimum absolute atomic E-state index is 0.239. The average Bonchev–Trinajstić information content (AvgIpc) is 2.46. The molecule has 3 aliphatic carbocycles. The molecule has 110 valence electrons. The maximum absolute atomic E-state index is 12.6. The fraction of sp³-hybridized carbons (Fsp3) is 0.300. The first kappa shape index (κ1) is 13.4. The van der Waals surface area contributed by atoms with Crippen LogP contribution < -0.4 is 0 Å². The predicted octanol–water partition coefficient (Wildman–Crippen LogP) is 3.65. The maximum atomic E-state index is 12.6. The van der Waals surface area contributed by atoms with Crippen molar-refractivity contribution in [3.05, 3.63) is 68.8 Å². The number of hydrogen-bond acceptors (Lipinski definition) is 2. The SMILES string of the molecule is Cc1cc2c(cc1C)C1C(=O)C(=O)C2c2cc(C)c(C)cc21. The molecule has 2 aromatic carbocycles. The highest BCUT2D eigenvalue weighted by Gasteiger charge is 2.48. The Morgan fingerprint density at radius 1 is 0.545 bits per heavy atom. The summed E-state index contributed by atoms with van der Waals surface area (Å²) in [7, 11) is 0. The van der Waals surface area contributed by atoms with E-state index >= 15 is 0 Å². The number of hydrogen-bond donors (Lipinski definition) is 0. The number of carbonyl (C=O) groups is 2. The van der Waals surface area contributed by atoms with Crippen LogP contribution >= 0.6 is 0 Å². The smallest absolute Gasteiger partial charge is 0.211 e. The van der Waals surface area contributed by atoms with Gasteiger partial charge in [-0.3, -0.25) is 9.59 Å². The van der Waals surface area contributed by atoms with Gasteiger partial charge in [-0.1, -0.05) is 24.3 Å². The van der Waals surface area contributed by atoms with Crippen molar-refractivity contribution in [3.8, 4) is 0 Å². The lowest BCUT2D eigenvalue weighted by Crippen LogP contribution is -2.41. The van der Waals surface area contributed by atoms with Gasteiger partial charge in [0, 0.05) is 0 Å². The molecule has 0 spiro atoms. The lowest BCUT2D eigenvalue weighted by Gasteiger charge is -2.39. The van der Waals surface area contributed by atoms with Gasteiger partial charge in [-0.2, -0.15) is 0 Å². The second-order valence-electron chi connectivity index (χ2n) is 6.73. The highest BCUT2D eigenvalue weighted by molar-refractivity contribution is 6.45. The van der Waals surface area contributed by atoms with Gasteiger partial charge in [0.05, 0.1) is 11.8 Å². The Bertz CT molecular complexity index is 742. The molecule has 3 aliphatic rings. The lowest BCUT2D eigenvalue weighted by molar-refractivity contribution is -0.138. The third-order valence-electron chi connectivity index (χ3n) is 5.41. The average molecular weight is 290 g/mol. The van der Waals surface area contributed by atoms with Crippen LogP contribution in [0.1, 0.15) is 56.3 Å². The molecule has 0 atom stereocenters. The van der Waals surface area contributed by atoms with Crippen molar-refractivity contribution in [2.45, 2.75) is 39.5 Å². The number of aryl methyl sites for hydroxylation is 4. The van der Waals surface area contributed by atoms with Crippen LogP contribution in [0.4, 0.5) is 0 Å². The van der Waals surface area contributed by atoms with E-state index in [1.807, 2.05) is 0 Å². The highest BCUT2D eigenvalue weighted by Crippen LogP contribution is 2.50. The third-order valence-corrected chi connectivity index (χ3v) is 5.41. The molecule has 2 nitrogen and oxygen atoms in total. The molecular weight excluding hydrogens is 272 g/mol. The maximum Gasteiger partial charge on any atom is 0.211 e. The third kappa shape index (κ3) is 1.50. The van der Waals surface area contributed by atoms with Crippen molar-refractivity contribution < 1.29 is 9.59 Å². The first-order chi connectivity index (χ1) is 10.4. The van der Waals surface area contributed by atoms with Crippen molar-refractivity contribution in [1.82, 2.24) is 0 Å². The molecule has 0 amide bonds. The Morgan fingerprint density at radius 3 is 1.00 bits per heavy atom. The van der Waals surface area contributed by atoms with Crippen LogP contribution in [-0.2, 0) is 9.59 Å². The van der Waals surface area contributed by atoms with Gasteiger partial charge >= 0.3 is 0 Å². The normalized spacial score (nSPS) is 21.8. The van der Waals surface area contributed by atoms with Crippen LogP contribution in [0.25, 0.3) is 0 Å². The zero-order valence-corrected chi connectivity index (χ0v) is 13.3. The van der Waals surface area contributed by atoms with Gasteiger partial charge < -0.3 is 0 Å². The van der Waals surface area contributed by atoms with Gasteiger partial charge in [0.25, 0.3) is 0 Å². The second-order valence-corrected chi connectivity index (χ2v) is 6.73. The summed E-state index contributed by atoms with van der Waals surface area (Å²) >= 11 is 0. The highest BCUT2D eigenvalue weighted by atomic mass is 16.2. The molecule has 0 heterocycles. The zero-order valence-electron chi connectivity index (χ0n) is 13.3. The molecule has 0 saturated heterocycles. The van der Waals surface area contributed by atoms with Crippen LogP contribution in [0.2, 0.25) is 0 Å². The van der Waals surface area contributed by atoms with Crippen LogP contribution in [0, 0.1) is 27.7 Å². The predicted molar refractivity (Wildman–Crippen MR) is 85.5 cm³/mol. The number of carbonyl (C=O) groups excluding carboxylic acids is 2. The summed E-state index contributed by atoms with van der Waals surface area (Å²) < 4.78 is 0. The second kappa shape index (κ2) is 4.16. The first-order valence-corrected chi connectivity index (χ1v) is 7.70. The lowest BCUT2D eigenvalue weighted by atomic mass is 9.61. The Labute approximate surface area is 130 Å². The van der Waals surface area contributed by atoms with E-state index < -0.39 is 11.8 Å². The zero-order chi connectivity index (χ0) is 15.8.